The first-order valence-electron chi connectivity index (χ1n) is 7.93. The van der Waals surface area contributed by atoms with Crippen LogP contribution in [0.25, 0.3) is 10.9 Å². The number of esters is 1. The third-order valence-corrected chi connectivity index (χ3v) is 5.86. The molecule has 1 aliphatic rings. The van der Waals surface area contributed by atoms with E-state index in [1.165, 1.54) is 15.9 Å². The molecule has 0 radical (unpaired) electrons. The molecule has 1 unspecified atom stereocenters. The number of aromatic nitrogens is 2. The third-order valence-electron chi connectivity index (χ3n) is 4.31. The van der Waals surface area contributed by atoms with Gasteiger partial charge in [0.2, 0.25) is 0 Å². The van der Waals surface area contributed by atoms with Gasteiger partial charge in [0, 0.05) is 20.9 Å². The summed E-state index contributed by atoms with van der Waals surface area (Å²) in [5, 5.41) is 14.4. The Morgan fingerprint density at radius 1 is 1.54 bits per heavy atom. The molecule has 0 saturated heterocycles. The predicted molar refractivity (Wildman–Crippen MR) is 102 cm³/mol. The fourth-order valence-electron chi connectivity index (χ4n) is 3.17. The molecule has 7 nitrogen and oxygen atoms in total. The molecule has 1 atom stereocenters. The van der Waals surface area contributed by atoms with E-state index in [1.807, 2.05) is 0 Å². The summed E-state index contributed by atoms with van der Waals surface area (Å²) in [4.78, 5) is 30.3. The number of pyridine rings is 1. The molecule has 3 aromatic rings. The van der Waals surface area contributed by atoms with Crippen molar-refractivity contribution >= 4 is 49.8 Å². The summed E-state index contributed by atoms with van der Waals surface area (Å²) in [5.41, 5.74) is 2.07. The Morgan fingerprint density at radius 2 is 2.35 bits per heavy atom. The van der Waals surface area contributed by atoms with Crippen molar-refractivity contribution in [3.63, 3.8) is 0 Å². The van der Waals surface area contributed by atoms with Crippen LogP contribution in [0.15, 0.2) is 33.1 Å². The first-order chi connectivity index (χ1) is 12.5. The maximum Gasteiger partial charge on any atom is 0.347 e. The second kappa shape index (κ2) is 6.40. The fraction of sp³-hybridized carbons (Fsp3) is 0.235. The number of nitrogens with zero attached hydrogens (tertiary/aromatic N) is 2. The molecular weight excluding hydrogens is 422 g/mol. The van der Waals surface area contributed by atoms with Gasteiger partial charge in [0.15, 0.2) is 5.56 Å². The van der Waals surface area contributed by atoms with Crippen LogP contribution >= 0.6 is 27.3 Å². The lowest BCUT2D eigenvalue weighted by molar-refractivity contribution is 0.0520. The largest absolute Gasteiger partial charge is 0.506 e. The van der Waals surface area contributed by atoms with Crippen LogP contribution in [-0.2, 0) is 11.3 Å². The van der Waals surface area contributed by atoms with Crippen LogP contribution in [0.1, 0.15) is 28.2 Å². The van der Waals surface area contributed by atoms with Crippen molar-refractivity contribution in [1.82, 2.24) is 9.55 Å². The Kier molecular flexibility index (Phi) is 4.20. The van der Waals surface area contributed by atoms with E-state index in [0.29, 0.717) is 23.1 Å². The second-order valence-corrected chi connectivity index (χ2v) is 7.55. The molecule has 0 aliphatic carbocycles. The lowest BCUT2D eigenvalue weighted by Crippen LogP contribution is -2.34. The van der Waals surface area contributed by atoms with Gasteiger partial charge in [0.05, 0.1) is 35.9 Å². The molecule has 2 aromatic heterocycles. The molecule has 4 rings (SSSR count). The van der Waals surface area contributed by atoms with Crippen LogP contribution in [0.5, 0.6) is 5.75 Å². The number of nitrogens with one attached hydrogen (secondary N) is 1. The van der Waals surface area contributed by atoms with Crippen molar-refractivity contribution in [3.05, 3.63) is 49.1 Å². The van der Waals surface area contributed by atoms with Crippen LogP contribution in [-0.4, -0.2) is 27.2 Å². The van der Waals surface area contributed by atoms with E-state index in [9.17, 15) is 14.7 Å². The van der Waals surface area contributed by atoms with E-state index in [0.717, 1.165) is 9.35 Å². The predicted octanol–water partition coefficient (Wildman–Crippen LogP) is 3.27. The molecule has 0 fully saturated rings. The summed E-state index contributed by atoms with van der Waals surface area (Å²) in [6.45, 7) is 2.08. The molecule has 9 heteroatoms. The number of rotatable bonds is 3. The van der Waals surface area contributed by atoms with Crippen LogP contribution in [0.2, 0.25) is 0 Å². The first-order valence-corrected chi connectivity index (χ1v) is 9.60. The van der Waals surface area contributed by atoms with E-state index in [1.54, 1.807) is 30.8 Å². The molecule has 0 spiro atoms. The number of anilines is 1. The summed E-state index contributed by atoms with van der Waals surface area (Å²) in [6, 6.07) is 3.27. The summed E-state index contributed by atoms with van der Waals surface area (Å²) in [6.07, 6.45) is 1.75. The number of carbonyl (C=O) groups excluding carboxylic acids is 1. The highest BCUT2D eigenvalue weighted by molar-refractivity contribution is 9.10. The maximum atomic E-state index is 13.0. The van der Waals surface area contributed by atoms with Crippen LogP contribution in [0.4, 0.5) is 5.69 Å². The molecule has 26 heavy (non-hydrogen) atoms. The van der Waals surface area contributed by atoms with Crippen molar-refractivity contribution in [3.8, 4) is 5.75 Å². The standard InChI is InChI=1S/C17H14BrN3O4S/c1-2-25-17(24)12-15(22)8-3-4-9(18)13-14(8)21(16(12)23)6-10(20-13)11-5-19-7-26-11/h3-5,7,10,20,22H,2,6H2,1H3. The number of hydrogen-bond donors (Lipinski definition) is 2. The molecule has 0 amide bonds. The first kappa shape index (κ1) is 17.0. The summed E-state index contributed by atoms with van der Waals surface area (Å²) >= 11 is 4.98. The number of carbonyl (C=O) groups is 1. The fourth-order valence-corrected chi connectivity index (χ4v) is 4.27. The van der Waals surface area contributed by atoms with Gasteiger partial charge in [0.1, 0.15) is 5.75 Å². The van der Waals surface area contributed by atoms with E-state index in [-0.39, 0.29) is 24.0 Å². The molecule has 1 aliphatic heterocycles. The average Bonchev–Trinajstić information content (AvgIpc) is 3.15. The molecule has 2 N–H and O–H groups in total. The van der Waals surface area contributed by atoms with Crippen LogP contribution in [0, 0.1) is 0 Å². The van der Waals surface area contributed by atoms with Crippen LogP contribution < -0.4 is 10.9 Å². The van der Waals surface area contributed by atoms with Gasteiger partial charge < -0.3 is 19.7 Å². The Labute approximate surface area is 160 Å². The molecule has 0 bridgehead atoms. The molecule has 134 valence electrons. The van der Waals surface area contributed by atoms with E-state index in [4.69, 9.17) is 4.74 Å². The van der Waals surface area contributed by atoms with Gasteiger partial charge in [0.25, 0.3) is 5.56 Å². The Balaban J connectivity index is 2.01. The second-order valence-electron chi connectivity index (χ2n) is 5.78. The highest BCUT2D eigenvalue weighted by atomic mass is 79.9. The minimum atomic E-state index is -0.821. The van der Waals surface area contributed by atoms with Crippen molar-refractivity contribution in [2.45, 2.75) is 19.5 Å². The smallest absolute Gasteiger partial charge is 0.347 e. The maximum absolute atomic E-state index is 13.0. The summed E-state index contributed by atoms with van der Waals surface area (Å²) in [7, 11) is 0. The van der Waals surface area contributed by atoms with Gasteiger partial charge in [-0.15, -0.1) is 11.3 Å². The van der Waals surface area contributed by atoms with E-state index in [2.05, 4.69) is 26.2 Å². The third kappa shape index (κ3) is 2.50. The van der Waals surface area contributed by atoms with Gasteiger partial charge in [-0.3, -0.25) is 9.78 Å². The topological polar surface area (TPSA) is 93.5 Å². The van der Waals surface area contributed by atoms with Crippen molar-refractivity contribution in [2.24, 2.45) is 0 Å². The van der Waals surface area contributed by atoms with Crippen molar-refractivity contribution in [2.75, 3.05) is 11.9 Å². The monoisotopic (exact) mass is 435 g/mol. The highest BCUT2D eigenvalue weighted by Crippen LogP contribution is 2.41. The minimum absolute atomic E-state index is 0.117. The van der Waals surface area contributed by atoms with E-state index < -0.39 is 11.5 Å². The van der Waals surface area contributed by atoms with Gasteiger partial charge in [-0.2, -0.15) is 0 Å². The molecule has 0 saturated carbocycles. The molecule has 1 aromatic carbocycles. The SMILES string of the molecule is CCOC(=O)c1c(O)c2ccc(Br)c3c2n(c1=O)CC(c1cncs1)N3. The number of hydrogen-bond acceptors (Lipinski definition) is 7. The zero-order chi connectivity index (χ0) is 18.4. The highest BCUT2D eigenvalue weighted by Gasteiger charge is 2.30. The Bertz CT molecular complexity index is 1080. The number of aromatic hydroxyl groups is 1. The zero-order valence-electron chi connectivity index (χ0n) is 13.7. The number of benzene rings is 1. The quantitative estimate of drug-likeness (QED) is 0.613. The lowest BCUT2D eigenvalue weighted by atomic mass is 10.0. The van der Waals surface area contributed by atoms with Gasteiger partial charge in [-0.05, 0) is 35.0 Å². The molecule has 3 heterocycles. The summed E-state index contributed by atoms with van der Waals surface area (Å²) in [5.74, 6) is -1.18. The van der Waals surface area contributed by atoms with Crippen molar-refractivity contribution < 1.29 is 14.6 Å². The average molecular weight is 436 g/mol. The Hall–Kier alpha value is -2.39. The van der Waals surface area contributed by atoms with Gasteiger partial charge in [-0.1, -0.05) is 0 Å². The van der Waals surface area contributed by atoms with E-state index >= 15 is 0 Å². The number of halogens is 1. The lowest BCUT2D eigenvalue weighted by Gasteiger charge is -2.29. The zero-order valence-corrected chi connectivity index (χ0v) is 16.1. The van der Waals surface area contributed by atoms with Gasteiger partial charge >= 0.3 is 5.97 Å². The molecular formula is C17H14BrN3O4S. The Morgan fingerprint density at radius 3 is 3.04 bits per heavy atom. The van der Waals surface area contributed by atoms with Gasteiger partial charge in [-0.25, -0.2) is 4.79 Å². The number of thiazole rings is 1. The van der Waals surface area contributed by atoms with Crippen LogP contribution in [0.3, 0.4) is 0 Å². The number of ether oxygens (including phenoxy) is 1. The summed E-state index contributed by atoms with van der Waals surface area (Å²) < 4.78 is 7.24. The normalized spacial score (nSPS) is 15.7. The van der Waals surface area contributed by atoms with Crippen molar-refractivity contribution in [1.29, 1.82) is 0 Å². The minimum Gasteiger partial charge on any atom is -0.506 e.